The molecule has 2 aliphatic rings. The van der Waals surface area contributed by atoms with Crippen LogP contribution in [0.1, 0.15) is 45.2 Å². The molecule has 0 unspecified atom stereocenters. The Morgan fingerprint density at radius 2 is 2.05 bits per heavy atom. The predicted octanol–water partition coefficient (Wildman–Crippen LogP) is 3.61. The summed E-state index contributed by atoms with van der Waals surface area (Å²) in [5.41, 5.74) is 0.984. The quantitative estimate of drug-likeness (QED) is 0.832. The SMILES string of the molecule is CC(C)N(CC1CC1)c1ccc(Cl)c(CNC2CC2)n1. The van der Waals surface area contributed by atoms with Crippen LogP contribution in [0.5, 0.6) is 0 Å². The minimum atomic E-state index is 0.480. The first-order valence-electron chi connectivity index (χ1n) is 7.79. The Labute approximate surface area is 126 Å². The predicted molar refractivity (Wildman–Crippen MR) is 84.3 cm³/mol. The molecule has 2 fully saturated rings. The van der Waals surface area contributed by atoms with Crippen LogP contribution in [0.4, 0.5) is 5.82 Å². The minimum absolute atomic E-state index is 0.480. The third kappa shape index (κ3) is 3.64. The van der Waals surface area contributed by atoms with Crippen LogP contribution >= 0.6 is 11.6 Å². The molecule has 1 aromatic rings. The molecule has 1 heterocycles. The first kappa shape index (κ1) is 14.2. The molecule has 0 spiro atoms. The number of hydrogen-bond donors (Lipinski definition) is 1. The first-order chi connectivity index (χ1) is 9.63. The topological polar surface area (TPSA) is 28.2 Å². The zero-order valence-corrected chi connectivity index (χ0v) is 13.2. The number of nitrogens with one attached hydrogen (secondary N) is 1. The van der Waals surface area contributed by atoms with Crippen LogP contribution in [0, 0.1) is 5.92 Å². The highest BCUT2D eigenvalue weighted by molar-refractivity contribution is 6.31. The normalized spacial score (nSPS) is 18.6. The highest BCUT2D eigenvalue weighted by Gasteiger charge is 2.26. The Morgan fingerprint density at radius 3 is 2.65 bits per heavy atom. The van der Waals surface area contributed by atoms with Gasteiger partial charge in [-0.2, -0.15) is 0 Å². The molecule has 0 radical (unpaired) electrons. The summed E-state index contributed by atoms with van der Waals surface area (Å²) in [6.07, 6.45) is 5.31. The maximum atomic E-state index is 6.28. The van der Waals surface area contributed by atoms with Crippen molar-refractivity contribution < 1.29 is 0 Å². The van der Waals surface area contributed by atoms with Gasteiger partial charge >= 0.3 is 0 Å². The Hall–Kier alpha value is -0.800. The van der Waals surface area contributed by atoms with E-state index in [1.807, 2.05) is 6.07 Å². The highest BCUT2D eigenvalue weighted by Crippen LogP contribution is 2.32. The molecule has 1 N–H and O–H groups in total. The van der Waals surface area contributed by atoms with Gasteiger partial charge < -0.3 is 10.2 Å². The summed E-state index contributed by atoms with van der Waals surface area (Å²) in [6, 6.07) is 5.22. The average Bonchev–Trinajstić information content (AvgIpc) is 3.29. The Morgan fingerprint density at radius 1 is 1.30 bits per heavy atom. The molecular formula is C16H24ClN3. The summed E-state index contributed by atoms with van der Waals surface area (Å²) in [5, 5.41) is 4.27. The largest absolute Gasteiger partial charge is 0.354 e. The van der Waals surface area contributed by atoms with E-state index in [0.717, 1.165) is 35.5 Å². The van der Waals surface area contributed by atoms with Gasteiger partial charge in [-0.15, -0.1) is 0 Å². The first-order valence-corrected chi connectivity index (χ1v) is 8.16. The van der Waals surface area contributed by atoms with Crippen LogP contribution in [0.25, 0.3) is 0 Å². The maximum Gasteiger partial charge on any atom is 0.129 e. The second kappa shape index (κ2) is 5.90. The van der Waals surface area contributed by atoms with Crippen LogP contribution in [0.3, 0.4) is 0 Å². The van der Waals surface area contributed by atoms with Crippen molar-refractivity contribution in [3.63, 3.8) is 0 Å². The van der Waals surface area contributed by atoms with E-state index in [-0.39, 0.29) is 0 Å². The van der Waals surface area contributed by atoms with Crippen molar-refractivity contribution >= 4 is 17.4 Å². The summed E-state index contributed by atoms with van der Waals surface area (Å²) in [4.78, 5) is 7.22. The van der Waals surface area contributed by atoms with E-state index in [1.54, 1.807) is 0 Å². The van der Waals surface area contributed by atoms with E-state index in [4.69, 9.17) is 16.6 Å². The maximum absolute atomic E-state index is 6.28. The van der Waals surface area contributed by atoms with Gasteiger partial charge in [0, 0.05) is 25.2 Å². The third-order valence-corrected chi connectivity index (χ3v) is 4.45. The van der Waals surface area contributed by atoms with Crippen molar-refractivity contribution in [1.82, 2.24) is 10.3 Å². The van der Waals surface area contributed by atoms with Gasteiger partial charge in [0.1, 0.15) is 5.82 Å². The van der Waals surface area contributed by atoms with Gasteiger partial charge in [0.25, 0.3) is 0 Å². The lowest BCUT2D eigenvalue weighted by Crippen LogP contribution is -2.33. The molecule has 0 amide bonds. The molecule has 3 rings (SSSR count). The Balaban J connectivity index is 1.73. The van der Waals surface area contributed by atoms with E-state index < -0.39 is 0 Å². The van der Waals surface area contributed by atoms with Gasteiger partial charge in [0.2, 0.25) is 0 Å². The molecule has 110 valence electrons. The minimum Gasteiger partial charge on any atom is -0.354 e. The van der Waals surface area contributed by atoms with Crippen molar-refractivity contribution in [2.45, 2.75) is 58.2 Å². The van der Waals surface area contributed by atoms with Gasteiger partial charge in [-0.1, -0.05) is 11.6 Å². The van der Waals surface area contributed by atoms with Crippen molar-refractivity contribution in [1.29, 1.82) is 0 Å². The molecule has 4 heteroatoms. The Bertz CT molecular complexity index is 467. The fourth-order valence-electron chi connectivity index (χ4n) is 2.43. The van der Waals surface area contributed by atoms with E-state index in [0.29, 0.717) is 12.1 Å². The third-order valence-electron chi connectivity index (χ3n) is 4.11. The Kier molecular flexibility index (Phi) is 4.18. The second-order valence-corrected chi connectivity index (χ2v) is 6.85. The van der Waals surface area contributed by atoms with Gasteiger partial charge in [-0.25, -0.2) is 4.98 Å². The highest BCUT2D eigenvalue weighted by atomic mass is 35.5. The smallest absolute Gasteiger partial charge is 0.129 e. The molecule has 0 bridgehead atoms. The fourth-order valence-corrected chi connectivity index (χ4v) is 2.60. The van der Waals surface area contributed by atoms with Crippen LogP contribution in [-0.2, 0) is 6.54 Å². The molecular weight excluding hydrogens is 270 g/mol. The molecule has 2 aliphatic carbocycles. The van der Waals surface area contributed by atoms with E-state index in [1.165, 1.54) is 25.7 Å². The number of aromatic nitrogens is 1. The zero-order valence-electron chi connectivity index (χ0n) is 12.4. The summed E-state index contributed by atoms with van der Waals surface area (Å²) in [6.45, 7) is 6.38. The van der Waals surface area contributed by atoms with Gasteiger partial charge in [0.15, 0.2) is 0 Å². The van der Waals surface area contributed by atoms with Crippen molar-refractivity contribution in [3.05, 3.63) is 22.8 Å². The number of nitrogens with zero attached hydrogens (tertiary/aromatic N) is 2. The summed E-state index contributed by atoms with van der Waals surface area (Å²) < 4.78 is 0. The van der Waals surface area contributed by atoms with Gasteiger partial charge in [-0.05, 0) is 57.6 Å². The standard InChI is InChI=1S/C16H24ClN3/c1-11(2)20(10-12-3-4-12)16-8-7-14(17)15(19-16)9-18-13-5-6-13/h7-8,11-13,18H,3-6,9-10H2,1-2H3. The van der Waals surface area contributed by atoms with Gasteiger partial charge in [-0.3, -0.25) is 0 Å². The zero-order chi connectivity index (χ0) is 14.1. The molecule has 0 saturated heterocycles. The molecule has 2 saturated carbocycles. The summed E-state index contributed by atoms with van der Waals surface area (Å²) >= 11 is 6.28. The number of hydrogen-bond acceptors (Lipinski definition) is 3. The van der Waals surface area contributed by atoms with E-state index in [2.05, 4.69) is 30.1 Å². The second-order valence-electron chi connectivity index (χ2n) is 6.44. The number of halogens is 1. The van der Waals surface area contributed by atoms with Crippen molar-refractivity contribution in [3.8, 4) is 0 Å². The molecule has 0 aromatic carbocycles. The van der Waals surface area contributed by atoms with Gasteiger partial charge in [0.05, 0.1) is 10.7 Å². The molecule has 20 heavy (non-hydrogen) atoms. The molecule has 0 aliphatic heterocycles. The molecule has 3 nitrogen and oxygen atoms in total. The molecule has 0 atom stereocenters. The summed E-state index contributed by atoms with van der Waals surface area (Å²) in [7, 11) is 0. The molecule has 1 aromatic heterocycles. The van der Waals surface area contributed by atoms with Crippen molar-refractivity contribution in [2.75, 3.05) is 11.4 Å². The van der Waals surface area contributed by atoms with Crippen LogP contribution in [-0.4, -0.2) is 23.6 Å². The lowest BCUT2D eigenvalue weighted by atomic mass is 10.2. The van der Waals surface area contributed by atoms with Crippen LogP contribution in [0.2, 0.25) is 5.02 Å². The van der Waals surface area contributed by atoms with Crippen LogP contribution in [0.15, 0.2) is 12.1 Å². The fraction of sp³-hybridized carbons (Fsp3) is 0.688. The average molecular weight is 294 g/mol. The van der Waals surface area contributed by atoms with E-state index in [9.17, 15) is 0 Å². The lowest BCUT2D eigenvalue weighted by Gasteiger charge is -2.28. The van der Waals surface area contributed by atoms with E-state index >= 15 is 0 Å². The number of rotatable bonds is 7. The lowest BCUT2D eigenvalue weighted by molar-refractivity contribution is 0.629. The van der Waals surface area contributed by atoms with Crippen LogP contribution < -0.4 is 10.2 Å². The van der Waals surface area contributed by atoms with Crippen molar-refractivity contribution in [2.24, 2.45) is 5.92 Å². The summed E-state index contributed by atoms with van der Waals surface area (Å²) in [5.74, 6) is 1.94. The monoisotopic (exact) mass is 293 g/mol. The number of anilines is 1. The number of pyridine rings is 1.